The summed E-state index contributed by atoms with van der Waals surface area (Å²) in [5, 5.41) is 12.9. The van der Waals surface area contributed by atoms with Gasteiger partial charge in [0.15, 0.2) is 5.41 Å². The first kappa shape index (κ1) is 18.3. The normalized spacial score (nSPS) is 19.2. The van der Waals surface area contributed by atoms with Crippen LogP contribution in [0.2, 0.25) is 0 Å². The molecular weight excluding hydrogens is 310 g/mol. The summed E-state index contributed by atoms with van der Waals surface area (Å²) < 4.78 is 10.1. The molecule has 0 aromatic heterocycles. The summed E-state index contributed by atoms with van der Waals surface area (Å²) in [4.78, 5) is 24.4. The summed E-state index contributed by atoms with van der Waals surface area (Å²) in [6, 6.07) is 7.42. The fraction of sp³-hybridized carbons (Fsp3) is 0.556. The minimum absolute atomic E-state index is 0.161. The van der Waals surface area contributed by atoms with Crippen LogP contribution in [0.4, 0.5) is 5.69 Å². The summed E-state index contributed by atoms with van der Waals surface area (Å²) >= 11 is 0. The number of carbonyl (C=O) groups excluding carboxylic acids is 2. The molecule has 1 aliphatic carbocycles. The van der Waals surface area contributed by atoms with Gasteiger partial charge in [-0.15, -0.1) is 0 Å². The molecule has 6 nitrogen and oxygen atoms in total. The van der Waals surface area contributed by atoms with Gasteiger partial charge in [-0.05, 0) is 44.9 Å². The molecule has 1 saturated carbocycles. The van der Waals surface area contributed by atoms with Gasteiger partial charge in [0.25, 0.3) is 0 Å². The Morgan fingerprint density at radius 3 is 2.46 bits per heavy atom. The molecule has 0 saturated heterocycles. The minimum atomic E-state index is -1.18. The van der Waals surface area contributed by atoms with Gasteiger partial charge in [-0.3, -0.25) is 9.59 Å². The number of aliphatic hydroxyl groups excluding tert-OH is 1. The Bertz CT molecular complexity index is 581. The van der Waals surface area contributed by atoms with Gasteiger partial charge in [-0.2, -0.15) is 0 Å². The Morgan fingerprint density at radius 1 is 1.29 bits per heavy atom. The highest BCUT2D eigenvalue weighted by Crippen LogP contribution is 2.54. The molecule has 1 aliphatic rings. The number of anilines is 1. The smallest absolute Gasteiger partial charge is 0.323 e. The summed E-state index contributed by atoms with van der Waals surface area (Å²) in [5.41, 5.74) is 0.459. The number of hydrogen-bond acceptors (Lipinski definition) is 6. The Labute approximate surface area is 142 Å². The number of benzene rings is 1. The van der Waals surface area contributed by atoms with Crippen LogP contribution in [0.15, 0.2) is 24.3 Å². The third-order valence-corrected chi connectivity index (χ3v) is 4.31. The third-order valence-electron chi connectivity index (χ3n) is 4.31. The molecule has 0 amide bonds. The van der Waals surface area contributed by atoms with Gasteiger partial charge < -0.3 is 19.9 Å². The van der Waals surface area contributed by atoms with Crippen LogP contribution in [0.3, 0.4) is 0 Å². The van der Waals surface area contributed by atoms with Crippen molar-refractivity contribution in [3.8, 4) is 0 Å². The number of hydrogen-bond donors (Lipinski definition) is 2. The van der Waals surface area contributed by atoms with Crippen LogP contribution >= 0.6 is 0 Å². The fourth-order valence-electron chi connectivity index (χ4n) is 2.83. The van der Waals surface area contributed by atoms with Crippen molar-refractivity contribution in [1.29, 1.82) is 0 Å². The predicted octanol–water partition coefficient (Wildman–Crippen LogP) is 2.28. The lowest BCUT2D eigenvalue weighted by Crippen LogP contribution is -2.33. The molecule has 2 N–H and O–H groups in total. The topological polar surface area (TPSA) is 84.9 Å². The molecule has 24 heavy (non-hydrogen) atoms. The standard InChI is InChI=1S/C18H25NO5/c1-4-23-16(21)18(17(22)24-5-2)10-14(18)11-19-15-8-6-7-13(9-15)12(3)20/h6-9,12,14,19-20H,4-5,10-11H2,1-3H3/t12?,14-/m0/s1. The highest BCUT2D eigenvalue weighted by molar-refractivity contribution is 6.04. The highest BCUT2D eigenvalue weighted by atomic mass is 16.6. The van der Waals surface area contributed by atoms with Crippen molar-refractivity contribution < 1.29 is 24.2 Å². The molecule has 1 aromatic carbocycles. The molecule has 132 valence electrons. The summed E-state index contributed by atoms with van der Waals surface area (Å²) in [7, 11) is 0. The van der Waals surface area contributed by atoms with Crippen molar-refractivity contribution in [3.05, 3.63) is 29.8 Å². The quantitative estimate of drug-likeness (QED) is 0.560. The predicted molar refractivity (Wildman–Crippen MR) is 89.4 cm³/mol. The zero-order chi connectivity index (χ0) is 17.7. The number of aliphatic hydroxyl groups is 1. The van der Waals surface area contributed by atoms with Crippen LogP contribution in [0.5, 0.6) is 0 Å². The average molecular weight is 335 g/mol. The second-order valence-corrected chi connectivity index (χ2v) is 6.00. The Kier molecular flexibility index (Phi) is 5.83. The molecule has 0 spiro atoms. The van der Waals surface area contributed by atoms with Crippen LogP contribution < -0.4 is 5.32 Å². The first-order valence-corrected chi connectivity index (χ1v) is 8.32. The van der Waals surface area contributed by atoms with E-state index in [0.717, 1.165) is 11.3 Å². The zero-order valence-corrected chi connectivity index (χ0v) is 14.4. The van der Waals surface area contributed by atoms with Crippen LogP contribution in [0.1, 0.15) is 38.9 Å². The van der Waals surface area contributed by atoms with Crippen LogP contribution in [0.25, 0.3) is 0 Å². The Morgan fingerprint density at radius 2 is 1.92 bits per heavy atom. The van der Waals surface area contributed by atoms with Gasteiger partial charge >= 0.3 is 11.9 Å². The minimum Gasteiger partial charge on any atom is -0.465 e. The van der Waals surface area contributed by atoms with E-state index in [9.17, 15) is 14.7 Å². The van der Waals surface area contributed by atoms with Gasteiger partial charge in [0.2, 0.25) is 0 Å². The molecule has 1 unspecified atom stereocenters. The number of ether oxygens (including phenoxy) is 2. The largest absolute Gasteiger partial charge is 0.465 e. The first-order valence-electron chi connectivity index (χ1n) is 8.32. The maximum Gasteiger partial charge on any atom is 0.323 e. The maximum atomic E-state index is 12.2. The van der Waals surface area contributed by atoms with Gasteiger partial charge in [-0.1, -0.05) is 12.1 Å². The lowest BCUT2D eigenvalue weighted by Gasteiger charge is -2.15. The van der Waals surface area contributed by atoms with Crippen molar-refractivity contribution >= 4 is 17.6 Å². The van der Waals surface area contributed by atoms with Gasteiger partial charge in [-0.25, -0.2) is 0 Å². The van der Waals surface area contributed by atoms with E-state index in [1.54, 1.807) is 20.8 Å². The Hall–Kier alpha value is -2.08. The zero-order valence-electron chi connectivity index (χ0n) is 14.4. The van der Waals surface area contributed by atoms with E-state index in [2.05, 4.69) is 5.32 Å². The molecule has 0 heterocycles. The second kappa shape index (κ2) is 7.66. The van der Waals surface area contributed by atoms with Gasteiger partial charge in [0, 0.05) is 18.2 Å². The lowest BCUT2D eigenvalue weighted by atomic mass is 10.0. The second-order valence-electron chi connectivity index (χ2n) is 6.00. The number of nitrogens with one attached hydrogen (secondary N) is 1. The van der Waals surface area contributed by atoms with Crippen molar-refractivity contribution in [3.63, 3.8) is 0 Å². The first-order chi connectivity index (χ1) is 11.5. The number of rotatable bonds is 8. The van der Waals surface area contributed by atoms with Crippen molar-refractivity contribution in [2.24, 2.45) is 11.3 Å². The van der Waals surface area contributed by atoms with Crippen LogP contribution in [-0.2, 0) is 19.1 Å². The van der Waals surface area contributed by atoms with E-state index >= 15 is 0 Å². The SMILES string of the molecule is CCOC(=O)C1(C(=O)OCC)C[C@H]1CNc1cccc(C(C)O)c1. The molecule has 1 fully saturated rings. The van der Waals surface area contributed by atoms with Crippen molar-refractivity contribution in [2.45, 2.75) is 33.3 Å². The van der Waals surface area contributed by atoms with Crippen LogP contribution in [0, 0.1) is 11.3 Å². The van der Waals surface area contributed by atoms with Gasteiger partial charge in [0.1, 0.15) is 0 Å². The van der Waals surface area contributed by atoms with E-state index < -0.39 is 23.5 Å². The molecule has 6 heteroatoms. The fourth-order valence-corrected chi connectivity index (χ4v) is 2.83. The van der Waals surface area contributed by atoms with E-state index in [-0.39, 0.29) is 19.1 Å². The number of carbonyl (C=O) groups is 2. The van der Waals surface area contributed by atoms with Crippen molar-refractivity contribution in [1.82, 2.24) is 0 Å². The van der Waals surface area contributed by atoms with E-state index in [0.29, 0.717) is 13.0 Å². The van der Waals surface area contributed by atoms with Crippen LogP contribution in [-0.4, -0.2) is 36.8 Å². The molecule has 2 atom stereocenters. The molecule has 1 aromatic rings. The van der Waals surface area contributed by atoms with Gasteiger partial charge in [0.05, 0.1) is 19.3 Å². The molecule has 0 aliphatic heterocycles. The van der Waals surface area contributed by atoms with E-state index in [1.165, 1.54) is 0 Å². The Balaban J connectivity index is 2.03. The van der Waals surface area contributed by atoms with E-state index in [4.69, 9.17) is 9.47 Å². The van der Waals surface area contributed by atoms with E-state index in [1.807, 2.05) is 24.3 Å². The average Bonchev–Trinajstić information content (AvgIpc) is 3.29. The third kappa shape index (κ3) is 3.70. The number of esters is 2. The summed E-state index contributed by atoms with van der Waals surface area (Å²) in [5.74, 6) is -1.17. The maximum absolute atomic E-state index is 12.2. The highest BCUT2D eigenvalue weighted by Gasteiger charge is 2.67. The molecule has 2 rings (SSSR count). The van der Waals surface area contributed by atoms with Crippen molar-refractivity contribution in [2.75, 3.05) is 25.1 Å². The molecular formula is C18H25NO5. The lowest BCUT2D eigenvalue weighted by molar-refractivity contribution is -0.164. The monoisotopic (exact) mass is 335 g/mol. The summed E-state index contributed by atoms with van der Waals surface area (Å²) in [6.45, 7) is 6.06. The molecule has 0 bridgehead atoms. The molecule has 0 radical (unpaired) electrons. The summed E-state index contributed by atoms with van der Waals surface area (Å²) in [6.07, 6.45) is -0.126.